The summed E-state index contributed by atoms with van der Waals surface area (Å²) in [4.78, 5) is 11.8. The minimum absolute atomic E-state index is 0.0187. The van der Waals surface area contributed by atoms with E-state index in [1.54, 1.807) is 0 Å². The monoisotopic (exact) mass is 317 g/mol. The first-order valence-electron chi connectivity index (χ1n) is 5.84. The fourth-order valence-corrected chi connectivity index (χ4v) is 2.17. The summed E-state index contributed by atoms with van der Waals surface area (Å²) in [7, 11) is 0. The molecule has 0 spiro atoms. The minimum Gasteiger partial charge on any atom is -0.352 e. The van der Waals surface area contributed by atoms with Crippen molar-refractivity contribution in [1.29, 1.82) is 0 Å². The number of amides is 1. The molecule has 4 heteroatoms. The molecule has 1 rings (SSSR count). The van der Waals surface area contributed by atoms with Gasteiger partial charge in [0, 0.05) is 16.9 Å². The largest absolute Gasteiger partial charge is 0.352 e. The molecule has 0 saturated heterocycles. The van der Waals surface area contributed by atoms with E-state index in [9.17, 15) is 4.79 Å². The third kappa shape index (κ3) is 5.55. The van der Waals surface area contributed by atoms with Crippen LogP contribution >= 0.6 is 27.5 Å². The maximum Gasteiger partial charge on any atom is 0.252 e. The van der Waals surface area contributed by atoms with Crippen LogP contribution in [0.5, 0.6) is 0 Å². The van der Waals surface area contributed by atoms with Gasteiger partial charge in [0.05, 0.1) is 5.56 Å². The third-order valence-corrected chi connectivity index (χ3v) is 3.42. The lowest BCUT2D eigenvalue weighted by molar-refractivity contribution is 0.0952. The number of alkyl halides is 1. The number of rotatable bonds is 7. The van der Waals surface area contributed by atoms with Crippen molar-refractivity contribution in [3.63, 3.8) is 0 Å². The first-order chi connectivity index (χ1) is 8.25. The van der Waals surface area contributed by atoms with E-state index in [2.05, 4.69) is 21.2 Å². The van der Waals surface area contributed by atoms with E-state index >= 15 is 0 Å². The summed E-state index contributed by atoms with van der Waals surface area (Å²) in [5.74, 6) is 0.707. The van der Waals surface area contributed by atoms with Crippen LogP contribution in [-0.2, 0) is 0 Å². The summed E-state index contributed by atoms with van der Waals surface area (Å²) in [5, 5.41) is 2.91. The molecule has 1 aromatic carbocycles. The van der Waals surface area contributed by atoms with E-state index in [4.69, 9.17) is 11.6 Å². The first-order valence-corrected chi connectivity index (χ1v) is 7.17. The second-order valence-corrected chi connectivity index (χ2v) is 5.07. The lowest BCUT2D eigenvalue weighted by atomic mass is 10.2. The zero-order valence-electron chi connectivity index (χ0n) is 9.72. The Hall–Kier alpha value is -0.540. The lowest BCUT2D eigenvalue weighted by Crippen LogP contribution is -2.24. The molecule has 0 aliphatic rings. The molecule has 0 atom stereocenters. The number of carbonyl (C=O) groups is 1. The molecule has 0 aromatic heterocycles. The Morgan fingerprint density at radius 2 is 1.88 bits per heavy atom. The Kier molecular flexibility index (Phi) is 7.29. The van der Waals surface area contributed by atoms with Gasteiger partial charge in [0.25, 0.3) is 5.91 Å². The van der Waals surface area contributed by atoms with Gasteiger partial charge in [0.2, 0.25) is 0 Å². The number of benzene rings is 1. The maximum atomic E-state index is 11.8. The Morgan fingerprint density at radius 3 is 2.59 bits per heavy atom. The highest BCUT2D eigenvalue weighted by Crippen LogP contribution is 2.15. The average molecular weight is 319 g/mol. The Morgan fingerprint density at radius 1 is 1.18 bits per heavy atom. The molecule has 0 heterocycles. The van der Waals surface area contributed by atoms with Gasteiger partial charge in [-0.1, -0.05) is 25.0 Å². The van der Waals surface area contributed by atoms with Gasteiger partial charge in [-0.25, -0.2) is 0 Å². The molecule has 2 nitrogen and oxygen atoms in total. The summed E-state index contributed by atoms with van der Waals surface area (Å²) in [6.45, 7) is 0.725. The number of hydrogen-bond donors (Lipinski definition) is 1. The third-order valence-electron chi connectivity index (χ3n) is 2.46. The number of hydrogen-bond acceptors (Lipinski definition) is 1. The number of carbonyl (C=O) groups excluding carboxylic acids is 1. The Bertz CT molecular complexity index is 357. The van der Waals surface area contributed by atoms with Crippen LogP contribution in [0.25, 0.3) is 0 Å². The van der Waals surface area contributed by atoms with Crippen molar-refractivity contribution in [3.8, 4) is 0 Å². The molecular weight excluding hydrogens is 302 g/mol. The minimum atomic E-state index is -0.0187. The van der Waals surface area contributed by atoms with Gasteiger partial charge in [-0.05, 0) is 40.9 Å². The smallest absolute Gasteiger partial charge is 0.252 e. The highest BCUT2D eigenvalue weighted by atomic mass is 79.9. The van der Waals surface area contributed by atoms with Crippen LogP contribution in [0.2, 0.25) is 0 Å². The zero-order chi connectivity index (χ0) is 12.5. The van der Waals surface area contributed by atoms with Crippen LogP contribution in [0.3, 0.4) is 0 Å². The van der Waals surface area contributed by atoms with E-state index in [0.29, 0.717) is 5.56 Å². The maximum absolute atomic E-state index is 11.8. The van der Waals surface area contributed by atoms with Gasteiger partial charge in [-0.15, -0.1) is 11.6 Å². The molecule has 0 radical (unpaired) electrons. The predicted octanol–water partition coefficient (Wildman–Crippen LogP) is 3.98. The van der Waals surface area contributed by atoms with Crippen LogP contribution in [0.1, 0.15) is 36.0 Å². The fourth-order valence-electron chi connectivity index (χ4n) is 1.52. The topological polar surface area (TPSA) is 29.1 Å². The zero-order valence-corrected chi connectivity index (χ0v) is 12.1. The molecule has 0 fully saturated rings. The second-order valence-electron chi connectivity index (χ2n) is 3.84. The van der Waals surface area contributed by atoms with Gasteiger partial charge in [-0.3, -0.25) is 4.79 Å². The van der Waals surface area contributed by atoms with Crippen molar-refractivity contribution in [3.05, 3.63) is 34.3 Å². The summed E-state index contributed by atoms with van der Waals surface area (Å²) >= 11 is 8.95. The molecule has 0 bridgehead atoms. The van der Waals surface area contributed by atoms with Gasteiger partial charge in [0.15, 0.2) is 0 Å². The standard InChI is InChI=1S/C13H17BrClNO/c14-12-8-4-3-7-11(12)13(17)16-10-6-2-1-5-9-15/h3-4,7-8H,1-2,5-6,9-10H2,(H,16,17). The quantitative estimate of drug-likeness (QED) is 0.598. The van der Waals surface area contributed by atoms with Crippen molar-refractivity contribution in [2.24, 2.45) is 0 Å². The molecule has 0 saturated carbocycles. The highest BCUT2D eigenvalue weighted by Gasteiger charge is 2.07. The summed E-state index contributed by atoms with van der Waals surface area (Å²) in [6.07, 6.45) is 4.31. The van der Waals surface area contributed by atoms with Crippen molar-refractivity contribution >= 4 is 33.4 Å². The van der Waals surface area contributed by atoms with Crippen LogP contribution in [0.4, 0.5) is 0 Å². The van der Waals surface area contributed by atoms with Crippen molar-refractivity contribution in [2.75, 3.05) is 12.4 Å². The van der Waals surface area contributed by atoms with Gasteiger partial charge >= 0.3 is 0 Å². The van der Waals surface area contributed by atoms with Crippen molar-refractivity contribution in [1.82, 2.24) is 5.32 Å². The molecule has 1 aromatic rings. The average Bonchev–Trinajstić information content (AvgIpc) is 2.34. The van der Waals surface area contributed by atoms with E-state index in [1.165, 1.54) is 0 Å². The molecule has 94 valence electrons. The summed E-state index contributed by atoms with van der Waals surface area (Å²) in [5.41, 5.74) is 0.688. The number of halogens is 2. The SMILES string of the molecule is O=C(NCCCCCCCl)c1ccccc1Br. The van der Waals surface area contributed by atoms with Gasteiger partial charge < -0.3 is 5.32 Å². The van der Waals surface area contributed by atoms with Gasteiger partial charge in [0.1, 0.15) is 0 Å². The van der Waals surface area contributed by atoms with Crippen LogP contribution in [0.15, 0.2) is 28.7 Å². The molecular formula is C13H17BrClNO. The van der Waals surface area contributed by atoms with Crippen LogP contribution in [-0.4, -0.2) is 18.3 Å². The predicted molar refractivity (Wildman–Crippen MR) is 75.7 cm³/mol. The molecule has 0 aliphatic carbocycles. The normalized spacial score (nSPS) is 10.2. The van der Waals surface area contributed by atoms with E-state index in [1.807, 2.05) is 24.3 Å². The molecule has 0 unspecified atom stereocenters. The van der Waals surface area contributed by atoms with Gasteiger partial charge in [-0.2, -0.15) is 0 Å². The number of nitrogens with one attached hydrogen (secondary N) is 1. The number of unbranched alkanes of at least 4 members (excludes halogenated alkanes) is 3. The van der Waals surface area contributed by atoms with E-state index < -0.39 is 0 Å². The fraction of sp³-hybridized carbons (Fsp3) is 0.462. The summed E-state index contributed by atoms with van der Waals surface area (Å²) < 4.78 is 0.833. The molecule has 17 heavy (non-hydrogen) atoms. The lowest BCUT2D eigenvalue weighted by Gasteiger charge is -2.06. The molecule has 1 amide bonds. The molecule has 0 aliphatic heterocycles. The van der Waals surface area contributed by atoms with E-state index in [-0.39, 0.29) is 5.91 Å². The van der Waals surface area contributed by atoms with Crippen LogP contribution < -0.4 is 5.32 Å². The first kappa shape index (κ1) is 14.5. The highest BCUT2D eigenvalue weighted by molar-refractivity contribution is 9.10. The Balaban J connectivity index is 2.24. The van der Waals surface area contributed by atoms with Crippen molar-refractivity contribution in [2.45, 2.75) is 25.7 Å². The van der Waals surface area contributed by atoms with E-state index in [0.717, 1.165) is 42.6 Å². The van der Waals surface area contributed by atoms with Crippen LogP contribution in [0, 0.1) is 0 Å². The second kappa shape index (κ2) is 8.54. The molecule has 1 N–H and O–H groups in total. The summed E-state index contributed by atoms with van der Waals surface area (Å²) in [6, 6.07) is 7.44. The Labute approximate surface area is 116 Å². The van der Waals surface area contributed by atoms with Crippen molar-refractivity contribution < 1.29 is 4.79 Å².